The first-order valence-corrected chi connectivity index (χ1v) is 7.69. The molecule has 0 aromatic heterocycles. The molecule has 0 aliphatic rings. The first-order chi connectivity index (χ1) is 10.0. The normalized spacial score (nSPS) is 15.8. The van der Waals surface area contributed by atoms with Crippen molar-refractivity contribution in [3.8, 4) is 5.75 Å². The van der Waals surface area contributed by atoms with Crippen LogP contribution < -0.4 is 10.5 Å². The van der Waals surface area contributed by atoms with E-state index in [1.54, 1.807) is 14.2 Å². The van der Waals surface area contributed by atoms with Gasteiger partial charge in [-0.05, 0) is 38.0 Å². The summed E-state index contributed by atoms with van der Waals surface area (Å²) in [7, 11) is 3.41. The van der Waals surface area contributed by atoms with Crippen molar-refractivity contribution in [2.24, 2.45) is 5.73 Å². The van der Waals surface area contributed by atoms with Gasteiger partial charge in [-0.3, -0.25) is 4.90 Å². The van der Waals surface area contributed by atoms with Gasteiger partial charge in [0.2, 0.25) is 0 Å². The van der Waals surface area contributed by atoms with Gasteiger partial charge in [-0.1, -0.05) is 19.1 Å². The topological polar surface area (TPSA) is 47.7 Å². The Morgan fingerprint density at radius 1 is 1.14 bits per heavy atom. The van der Waals surface area contributed by atoms with Gasteiger partial charge in [0.15, 0.2) is 0 Å². The highest BCUT2D eigenvalue weighted by molar-refractivity contribution is 5.29. The van der Waals surface area contributed by atoms with Crippen LogP contribution in [0.1, 0.15) is 38.8 Å². The number of hydrogen-bond donors (Lipinski definition) is 1. The molecule has 0 aliphatic carbocycles. The van der Waals surface area contributed by atoms with Gasteiger partial charge < -0.3 is 15.2 Å². The summed E-state index contributed by atoms with van der Waals surface area (Å²) < 4.78 is 10.4. The lowest BCUT2D eigenvalue weighted by atomic mass is 9.98. The van der Waals surface area contributed by atoms with E-state index in [9.17, 15) is 0 Å². The Hall–Kier alpha value is -1.10. The van der Waals surface area contributed by atoms with E-state index in [2.05, 4.69) is 25.7 Å². The molecular weight excluding hydrogens is 264 g/mol. The van der Waals surface area contributed by atoms with E-state index in [1.807, 2.05) is 24.3 Å². The quantitative estimate of drug-likeness (QED) is 0.761. The van der Waals surface area contributed by atoms with Gasteiger partial charge in [-0.15, -0.1) is 0 Å². The minimum Gasteiger partial charge on any atom is -0.497 e. The molecule has 0 saturated heterocycles. The molecule has 0 saturated carbocycles. The third kappa shape index (κ3) is 4.99. The lowest BCUT2D eigenvalue weighted by Gasteiger charge is -2.37. The number of benzene rings is 1. The van der Waals surface area contributed by atoms with Crippen LogP contribution in [0.3, 0.4) is 0 Å². The summed E-state index contributed by atoms with van der Waals surface area (Å²) in [4.78, 5) is 2.43. The lowest BCUT2D eigenvalue weighted by Crippen LogP contribution is -2.47. The molecule has 1 aromatic carbocycles. The summed E-state index contributed by atoms with van der Waals surface area (Å²) in [5.74, 6) is 0.858. The summed E-state index contributed by atoms with van der Waals surface area (Å²) in [6.45, 7) is 8.26. The zero-order chi connectivity index (χ0) is 15.8. The zero-order valence-electron chi connectivity index (χ0n) is 14.0. The van der Waals surface area contributed by atoms with Crippen LogP contribution in [-0.4, -0.2) is 44.4 Å². The van der Waals surface area contributed by atoms with Crippen molar-refractivity contribution in [1.29, 1.82) is 0 Å². The monoisotopic (exact) mass is 294 g/mol. The van der Waals surface area contributed by atoms with Crippen LogP contribution in [0, 0.1) is 0 Å². The number of rotatable bonds is 9. The minimum atomic E-state index is -0.0261. The van der Waals surface area contributed by atoms with Crippen LogP contribution >= 0.6 is 0 Å². The standard InChI is InChI=1S/C17H30N2O2/c1-6-13(2)19(11-12-20-4)14(3)17(18)15-7-9-16(21-5)10-8-15/h7-10,13-14,17H,6,11-12,18H2,1-5H3. The van der Waals surface area contributed by atoms with E-state index < -0.39 is 0 Å². The maximum atomic E-state index is 6.47. The Bertz CT molecular complexity index is 394. The highest BCUT2D eigenvalue weighted by atomic mass is 16.5. The van der Waals surface area contributed by atoms with Crippen LogP contribution in [0.15, 0.2) is 24.3 Å². The van der Waals surface area contributed by atoms with Gasteiger partial charge >= 0.3 is 0 Å². The number of methoxy groups -OCH3 is 2. The molecule has 0 heterocycles. The van der Waals surface area contributed by atoms with E-state index in [0.29, 0.717) is 6.04 Å². The van der Waals surface area contributed by atoms with Crippen molar-refractivity contribution < 1.29 is 9.47 Å². The maximum Gasteiger partial charge on any atom is 0.118 e. The highest BCUT2D eigenvalue weighted by Crippen LogP contribution is 2.23. The van der Waals surface area contributed by atoms with Gasteiger partial charge in [0.1, 0.15) is 5.75 Å². The molecule has 2 N–H and O–H groups in total. The van der Waals surface area contributed by atoms with Gasteiger partial charge in [0.05, 0.1) is 13.7 Å². The molecule has 0 radical (unpaired) electrons. The fourth-order valence-electron chi connectivity index (χ4n) is 2.57. The summed E-state index contributed by atoms with van der Waals surface area (Å²) in [5, 5.41) is 0. The van der Waals surface area contributed by atoms with E-state index >= 15 is 0 Å². The Kier molecular flexibility index (Phi) is 7.72. The van der Waals surface area contributed by atoms with Crippen molar-refractivity contribution in [3.63, 3.8) is 0 Å². The summed E-state index contributed by atoms with van der Waals surface area (Å²) in [5.41, 5.74) is 7.61. The molecule has 3 unspecified atom stereocenters. The van der Waals surface area contributed by atoms with Crippen LogP contribution in [-0.2, 0) is 4.74 Å². The number of ether oxygens (including phenoxy) is 2. The fraction of sp³-hybridized carbons (Fsp3) is 0.647. The minimum absolute atomic E-state index is 0.0261. The number of nitrogens with two attached hydrogens (primary N) is 1. The molecule has 0 fully saturated rings. The van der Waals surface area contributed by atoms with Crippen LogP contribution in [0.25, 0.3) is 0 Å². The molecular formula is C17H30N2O2. The van der Waals surface area contributed by atoms with Crippen molar-refractivity contribution in [3.05, 3.63) is 29.8 Å². The molecule has 1 aromatic rings. The lowest BCUT2D eigenvalue weighted by molar-refractivity contribution is 0.0838. The number of hydrogen-bond acceptors (Lipinski definition) is 4. The smallest absolute Gasteiger partial charge is 0.118 e. The maximum absolute atomic E-state index is 6.47. The van der Waals surface area contributed by atoms with Gasteiger partial charge in [-0.2, -0.15) is 0 Å². The highest BCUT2D eigenvalue weighted by Gasteiger charge is 2.24. The van der Waals surface area contributed by atoms with Crippen molar-refractivity contribution in [2.45, 2.75) is 45.3 Å². The van der Waals surface area contributed by atoms with Crippen molar-refractivity contribution in [2.75, 3.05) is 27.4 Å². The second-order valence-corrected chi connectivity index (χ2v) is 5.53. The average Bonchev–Trinajstić information content (AvgIpc) is 2.53. The summed E-state index contributed by atoms with van der Waals surface area (Å²) in [6.07, 6.45) is 1.10. The second-order valence-electron chi connectivity index (χ2n) is 5.53. The van der Waals surface area contributed by atoms with Crippen LogP contribution in [0.2, 0.25) is 0 Å². The van der Waals surface area contributed by atoms with Crippen molar-refractivity contribution in [1.82, 2.24) is 4.90 Å². The van der Waals surface area contributed by atoms with Crippen molar-refractivity contribution >= 4 is 0 Å². The molecule has 4 heteroatoms. The van der Waals surface area contributed by atoms with E-state index in [1.165, 1.54) is 0 Å². The molecule has 1 rings (SSSR count). The van der Waals surface area contributed by atoms with Gasteiger partial charge in [0, 0.05) is 31.8 Å². The van der Waals surface area contributed by atoms with E-state index in [4.69, 9.17) is 15.2 Å². The molecule has 120 valence electrons. The molecule has 21 heavy (non-hydrogen) atoms. The van der Waals surface area contributed by atoms with E-state index in [-0.39, 0.29) is 12.1 Å². The third-order valence-electron chi connectivity index (χ3n) is 4.25. The Morgan fingerprint density at radius 3 is 2.24 bits per heavy atom. The van der Waals surface area contributed by atoms with E-state index in [0.717, 1.165) is 30.9 Å². The van der Waals surface area contributed by atoms with Gasteiger partial charge in [-0.25, -0.2) is 0 Å². The third-order valence-corrected chi connectivity index (χ3v) is 4.25. The molecule has 3 atom stereocenters. The number of nitrogens with zero attached hydrogens (tertiary/aromatic N) is 1. The molecule has 0 bridgehead atoms. The first-order valence-electron chi connectivity index (χ1n) is 7.69. The predicted molar refractivity (Wildman–Crippen MR) is 87.7 cm³/mol. The predicted octanol–water partition coefficient (Wildman–Crippen LogP) is 2.83. The summed E-state index contributed by atoms with van der Waals surface area (Å²) in [6, 6.07) is 8.73. The largest absolute Gasteiger partial charge is 0.497 e. The van der Waals surface area contributed by atoms with Gasteiger partial charge in [0.25, 0.3) is 0 Å². The molecule has 0 amide bonds. The second kappa shape index (κ2) is 9.03. The average molecular weight is 294 g/mol. The fourth-order valence-corrected chi connectivity index (χ4v) is 2.57. The molecule has 0 spiro atoms. The molecule has 0 aliphatic heterocycles. The molecule has 4 nitrogen and oxygen atoms in total. The Labute approximate surface area is 129 Å². The van der Waals surface area contributed by atoms with Crippen LogP contribution in [0.4, 0.5) is 0 Å². The SMILES string of the molecule is CCC(C)N(CCOC)C(C)C(N)c1ccc(OC)cc1. The van der Waals surface area contributed by atoms with Crippen LogP contribution in [0.5, 0.6) is 5.75 Å². The first kappa shape index (κ1) is 18.0. The summed E-state index contributed by atoms with van der Waals surface area (Å²) >= 11 is 0. The zero-order valence-corrected chi connectivity index (χ0v) is 14.0. The Morgan fingerprint density at radius 2 is 1.76 bits per heavy atom. The Balaban J connectivity index is 2.81.